The second-order valence-electron chi connectivity index (χ2n) is 7.37. The number of hydrogen-bond acceptors (Lipinski definition) is 4. The minimum Gasteiger partial charge on any atom is -0.355 e. The highest BCUT2D eigenvalue weighted by Gasteiger charge is 2.25. The number of nitrogens with zero attached hydrogens (tertiary/aromatic N) is 2. The predicted octanol–water partition coefficient (Wildman–Crippen LogP) is 3.50. The van der Waals surface area contributed by atoms with Gasteiger partial charge in [0, 0.05) is 17.3 Å². The lowest BCUT2D eigenvalue weighted by molar-refractivity contribution is -0.126. The molecule has 2 aromatic heterocycles. The molecule has 0 unspecified atom stereocenters. The second-order valence-corrected chi connectivity index (χ2v) is 8.41. The maximum absolute atomic E-state index is 12.4. The number of thiophene rings is 1. The van der Waals surface area contributed by atoms with Crippen molar-refractivity contribution >= 4 is 28.3 Å². The zero-order chi connectivity index (χ0) is 18.6. The van der Waals surface area contributed by atoms with Crippen molar-refractivity contribution in [2.24, 2.45) is 5.92 Å². The van der Waals surface area contributed by atoms with E-state index in [4.69, 9.17) is 4.98 Å². The third-order valence-electron chi connectivity index (χ3n) is 5.27. The fraction of sp³-hybridized carbons (Fsp3) is 0.429. The van der Waals surface area contributed by atoms with Crippen LogP contribution in [0.25, 0.3) is 11.0 Å². The van der Waals surface area contributed by atoms with Gasteiger partial charge < -0.3 is 10.3 Å². The quantitative estimate of drug-likeness (QED) is 0.686. The van der Waals surface area contributed by atoms with Crippen molar-refractivity contribution in [3.63, 3.8) is 0 Å². The van der Waals surface area contributed by atoms with Crippen LogP contribution in [0.1, 0.15) is 29.1 Å². The van der Waals surface area contributed by atoms with Gasteiger partial charge in [0.15, 0.2) is 0 Å². The van der Waals surface area contributed by atoms with Crippen LogP contribution in [0.2, 0.25) is 0 Å². The average molecular weight is 383 g/mol. The first-order chi connectivity index (χ1) is 13.2. The highest BCUT2D eigenvalue weighted by Crippen LogP contribution is 2.20. The number of rotatable bonds is 6. The first-order valence-electron chi connectivity index (χ1n) is 9.65. The first-order valence-corrected chi connectivity index (χ1v) is 10.5. The smallest absolute Gasteiger partial charge is 0.223 e. The van der Waals surface area contributed by atoms with Gasteiger partial charge in [-0.25, -0.2) is 4.98 Å². The van der Waals surface area contributed by atoms with E-state index >= 15 is 0 Å². The van der Waals surface area contributed by atoms with Crippen LogP contribution in [0.5, 0.6) is 0 Å². The van der Waals surface area contributed by atoms with Gasteiger partial charge in [0.1, 0.15) is 5.82 Å². The molecule has 0 atom stereocenters. The summed E-state index contributed by atoms with van der Waals surface area (Å²) in [5.41, 5.74) is 3.37. The summed E-state index contributed by atoms with van der Waals surface area (Å²) in [5.74, 6) is 1.36. The lowest BCUT2D eigenvalue weighted by atomic mass is 9.96. The van der Waals surface area contributed by atoms with Gasteiger partial charge in [-0.05, 0) is 68.4 Å². The summed E-state index contributed by atoms with van der Waals surface area (Å²) in [6.07, 6.45) is 2.77. The van der Waals surface area contributed by atoms with E-state index in [2.05, 4.69) is 57.8 Å². The molecular formula is C21H26N4OS. The third kappa shape index (κ3) is 4.57. The van der Waals surface area contributed by atoms with E-state index in [0.717, 1.165) is 62.3 Å². The molecule has 2 N–H and O–H groups in total. The van der Waals surface area contributed by atoms with Gasteiger partial charge in [0.2, 0.25) is 5.91 Å². The van der Waals surface area contributed by atoms with E-state index in [0.29, 0.717) is 0 Å². The molecule has 1 aliphatic heterocycles. The molecule has 4 rings (SSSR count). The highest BCUT2D eigenvalue weighted by molar-refractivity contribution is 7.09. The molecule has 3 aromatic rings. The molecule has 1 amide bonds. The predicted molar refractivity (Wildman–Crippen MR) is 110 cm³/mol. The number of amides is 1. The number of nitrogens with one attached hydrogen (secondary N) is 2. The van der Waals surface area contributed by atoms with Crippen molar-refractivity contribution in [1.82, 2.24) is 20.2 Å². The van der Waals surface area contributed by atoms with Crippen LogP contribution in [0.4, 0.5) is 0 Å². The van der Waals surface area contributed by atoms with E-state index in [-0.39, 0.29) is 11.8 Å². The van der Waals surface area contributed by atoms with Crippen LogP contribution in [-0.4, -0.2) is 40.4 Å². The fourth-order valence-corrected chi connectivity index (χ4v) is 4.43. The van der Waals surface area contributed by atoms with E-state index in [9.17, 15) is 4.79 Å². The molecule has 0 spiro atoms. The Labute approximate surface area is 163 Å². The third-order valence-corrected chi connectivity index (χ3v) is 6.21. The number of hydrogen-bond donors (Lipinski definition) is 2. The van der Waals surface area contributed by atoms with Crippen molar-refractivity contribution in [3.05, 3.63) is 52.0 Å². The molecule has 1 fully saturated rings. The maximum atomic E-state index is 12.4. The van der Waals surface area contributed by atoms with E-state index in [1.165, 1.54) is 10.4 Å². The van der Waals surface area contributed by atoms with Crippen molar-refractivity contribution in [1.29, 1.82) is 0 Å². The minimum absolute atomic E-state index is 0.142. The first kappa shape index (κ1) is 18.2. The van der Waals surface area contributed by atoms with Crippen molar-refractivity contribution in [3.8, 4) is 0 Å². The lowest BCUT2D eigenvalue weighted by Gasteiger charge is -2.30. The maximum Gasteiger partial charge on any atom is 0.223 e. The minimum atomic E-state index is 0.142. The van der Waals surface area contributed by atoms with E-state index < -0.39 is 0 Å². The zero-order valence-electron chi connectivity index (χ0n) is 15.7. The molecule has 1 saturated heterocycles. The van der Waals surface area contributed by atoms with Gasteiger partial charge in [-0.1, -0.05) is 12.1 Å². The molecule has 5 nitrogen and oxygen atoms in total. The molecule has 3 heterocycles. The van der Waals surface area contributed by atoms with Gasteiger partial charge in [-0.15, -0.1) is 11.3 Å². The number of benzene rings is 1. The molecule has 6 heteroatoms. The lowest BCUT2D eigenvalue weighted by Crippen LogP contribution is -2.40. The van der Waals surface area contributed by atoms with Crippen LogP contribution >= 0.6 is 11.3 Å². The van der Waals surface area contributed by atoms with E-state index in [1.54, 1.807) is 11.3 Å². The molecule has 0 radical (unpaired) electrons. The molecular weight excluding hydrogens is 356 g/mol. The molecule has 0 saturated carbocycles. The number of imidazole rings is 1. The summed E-state index contributed by atoms with van der Waals surface area (Å²) >= 11 is 1.75. The molecule has 142 valence electrons. The highest BCUT2D eigenvalue weighted by atomic mass is 32.1. The Morgan fingerprint density at radius 1 is 1.33 bits per heavy atom. The number of likely N-dealkylation sites (tertiary alicyclic amines) is 1. The summed E-state index contributed by atoms with van der Waals surface area (Å²) in [7, 11) is 0. The number of piperidine rings is 1. The zero-order valence-corrected chi connectivity index (χ0v) is 16.5. The molecule has 0 aliphatic carbocycles. The van der Waals surface area contributed by atoms with Crippen LogP contribution in [0.15, 0.2) is 35.7 Å². The van der Waals surface area contributed by atoms with Crippen molar-refractivity contribution in [2.45, 2.75) is 32.7 Å². The number of fused-ring (bicyclic) bond motifs is 1. The van der Waals surface area contributed by atoms with Crippen LogP contribution < -0.4 is 5.32 Å². The number of carbonyl (C=O) groups excluding carboxylic acids is 1. The van der Waals surface area contributed by atoms with Gasteiger partial charge >= 0.3 is 0 Å². The van der Waals surface area contributed by atoms with Gasteiger partial charge in [-0.3, -0.25) is 9.69 Å². The standard InChI is InChI=1S/C21H26N4OS/c1-15-4-5-18-19(13-15)24-20(23-18)14-25-10-7-16(8-11-25)21(26)22-9-6-17-3-2-12-27-17/h2-5,12-13,16H,6-11,14H2,1H3,(H,22,26)(H,23,24). The molecule has 27 heavy (non-hydrogen) atoms. The number of aromatic amines is 1. The number of H-pyrrole nitrogens is 1. The van der Waals surface area contributed by atoms with Gasteiger partial charge in [0.05, 0.1) is 17.6 Å². The van der Waals surface area contributed by atoms with Crippen molar-refractivity contribution in [2.75, 3.05) is 19.6 Å². The van der Waals surface area contributed by atoms with Crippen LogP contribution in [0.3, 0.4) is 0 Å². The van der Waals surface area contributed by atoms with Gasteiger partial charge in [0.25, 0.3) is 0 Å². The summed E-state index contributed by atoms with van der Waals surface area (Å²) in [5, 5.41) is 5.19. The Morgan fingerprint density at radius 3 is 2.96 bits per heavy atom. The normalized spacial score (nSPS) is 16.0. The Kier molecular flexibility index (Phi) is 5.55. The Bertz CT molecular complexity index is 894. The Balaban J connectivity index is 1.23. The Hall–Kier alpha value is -2.18. The summed E-state index contributed by atoms with van der Waals surface area (Å²) < 4.78 is 0. The van der Waals surface area contributed by atoms with E-state index in [1.807, 2.05) is 0 Å². The van der Waals surface area contributed by atoms with Crippen LogP contribution in [-0.2, 0) is 17.8 Å². The second kappa shape index (κ2) is 8.23. The van der Waals surface area contributed by atoms with Crippen LogP contribution in [0, 0.1) is 12.8 Å². The summed E-state index contributed by atoms with van der Waals surface area (Å²) in [6, 6.07) is 10.5. The summed E-state index contributed by atoms with van der Waals surface area (Å²) in [6.45, 7) is 5.53. The monoisotopic (exact) mass is 382 g/mol. The SMILES string of the molecule is Cc1ccc2nc(CN3CCC(C(=O)NCCc4cccs4)CC3)[nH]c2c1. The number of aryl methyl sites for hydroxylation is 1. The van der Waals surface area contributed by atoms with Crippen molar-refractivity contribution < 1.29 is 4.79 Å². The molecule has 0 bridgehead atoms. The topological polar surface area (TPSA) is 61.0 Å². The van der Waals surface area contributed by atoms with Gasteiger partial charge in [-0.2, -0.15) is 0 Å². The molecule has 1 aromatic carbocycles. The molecule has 1 aliphatic rings. The average Bonchev–Trinajstić information content (AvgIpc) is 3.31. The Morgan fingerprint density at radius 2 is 2.19 bits per heavy atom. The number of aromatic nitrogens is 2. The largest absolute Gasteiger partial charge is 0.355 e. The fourth-order valence-electron chi connectivity index (χ4n) is 3.72. The number of carbonyl (C=O) groups is 1. The summed E-state index contributed by atoms with van der Waals surface area (Å²) in [4.78, 5) is 24.2.